The molecule has 0 fully saturated rings. The molecule has 0 saturated heterocycles. The van der Waals surface area contributed by atoms with Gasteiger partial charge in [-0.25, -0.2) is 4.68 Å². The molecule has 0 aliphatic heterocycles. The van der Waals surface area contributed by atoms with Crippen LogP contribution in [-0.4, -0.2) is 33.4 Å². The van der Waals surface area contributed by atoms with Crippen molar-refractivity contribution in [3.63, 3.8) is 0 Å². The van der Waals surface area contributed by atoms with Crippen molar-refractivity contribution in [2.24, 2.45) is 0 Å². The second-order valence-electron chi connectivity index (χ2n) is 4.89. The summed E-state index contributed by atoms with van der Waals surface area (Å²) in [6.45, 7) is 10.1. The first kappa shape index (κ1) is 16.8. The van der Waals surface area contributed by atoms with Gasteiger partial charge in [-0.3, -0.25) is 0 Å². The van der Waals surface area contributed by atoms with Crippen molar-refractivity contribution in [2.45, 2.75) is 33.4 Å². The molecule has 0 unspecified atom stereocenters. The second-order valence-corrected chi connectivity index (χ2v) is 4.89. The smallest absolute Gasteiger partial charge is 0.243 e. The summed E-state index contributed by atoms with van der Waals surface area (Å²) >= 11 is 0. The first-order valence-electron chi connectivity index (χ1n) is 7.77. The van der Waals surface area contributed by atoms with E-state index in [-0.39, 0.29) is 0 Å². The third kappa shape index (κ3) is 4.70. The summed E-state index contributed by atoms with van der Waals surface area (Å²) in [5.74, 6) is 2.13. The maximum atomic E-state index is 5.70. The minimum atomic E-state index is 0.559. The van der Waals surface area contributed by atoms with Crippen LogP contribution in [0, 0.1) is 0 Å². The lowest BCUT2D eigenvalue weighted by molar-refractivity contribution is 0.276. The van der Waals surface area contributed by atoms with E-state index in [4.69, 9.17) is 9.47 Å². The highest BCUT2D eigenvalue weighted by Crippen LogP contribution is 2.29. The highest BCUT2D eigenvalue weighted by atomic mass is 16.5. The van der Waals surface area contributed by atoms with Crippen molar-refractivity contribution in [3.05, 3.63) is 36.4 Å². The Morgan fingerprint density at radius 2 is 2.13 bits per heavy atom. The van der Waals surface area contributed by atoms with Gasteiger partial charge in [0, 0.05) is 6.54 Å². The van der Waals surface area contributed by atoms with Crippen LogP contribution in [-0.2, 0) is 13.1 Å². The number of benzene rings is 1. The summed E-state index contributed by atoms with van der Waals surface area (Å²) < 4.78 is 13.0. The van der Waals surface area contributed by atoms with Crippen LogP contribution >= 0.6 is 0 Å². The van der Waals surface area contributed by atoms with Crippen molar-refractivity contribution in [1.82, 2.24) is 20.2 Å². The standard InChI is InChI=1S/C16H23N5O2/c1-4-9-21-16(18-19-20-21)17-12-13-7-8-14(23-10-5-2)15(11-13)22-6-3/h4,7-8,11H,1,5-6,9-10,12H2,2-3H3,(H,17,18,20). The van der Waals surface area contributed by atoms with Gasteiger partial charge in [0.15, 0.2) is 11.5 Å². The molecule has 7 nitrogen and oxygen atoms in total. The molecule has 2 rings (SSSR count). The number of aromatic nitrogens is 4. The van der Waals surface area contributed by atoms with Gasteiger partial charge >= 0.3 is 0 Å². The largest absolute Gasteiger partial charge is 0.490 e. The fourth-order valence-electron chi connectivity index (χ4n) is 2.02. The van der Waals surface area contributed by atoms with Gasteiger partial charge in [0.05, 0.1) is 19.8 Å². The summed E-state index contributed by atoms with van der Waals surface area (Å²) in [7, 11) is 0. The molecule has 0 amide bonds. The molecule has 1 N–H and O–H groups in total. The molecule has 2 aromatic rings. The Hall–Kier alpha value is -2.57. The summed E-state index contributed by atoms with van der Waals surface area (Å²) in [5, 5.41) is 14.7. The Morgan fingerprint density at radius 1 is 1.26 bits per heavy atom. The molecule has 0 radical (unpaired) electrons. The molecular formula is C16H23N5O2. The summed E-state index contributed by atoms with van der Waals surface area (Å²) in [4.78, 5) is 0. The van der Waals surface area contributed by atoms with E-state index < -0.39 is 0 Å². The predicted octanol–water partition coefficient (Wildman–Crippen LogP) is 2.66. The molecule has 0 aliphatic carbocycles. The van der Waals surface area contributed by atoms with Crippen molar-refractivity contribution in [1.29, 1.82) is 0 Å². The fraction of sp³-hybridized carbons (Fsp3) is 0.438. The van der Waals surface area contributed by atoms with Crippen molar-refractivity contribution < 1.29 is 9.47 Å². The van der Waals surface area contributed by atoms with Crippen LogP contribution in [0.15, 0.2) is 30.9 Å². The van der Waals surface area contributed by atoms with Gasteiger partial charge in [-0.15, -0.1) is 6.58 Å². The summed E-state index contributed by atoms with van der Waals surface area (Å²) in [6.07, 6.45) is 2.70. The van der Waals surface area contributed by atoms with Gasteiger partial charge in [0.25, 0.3) is 0 Å². The van der Waals surface area contributed by atoms with Crippen LogP contribution in [0.2, 0.25) is 0 Å². The molecule has 1 aromatic carbocycles. The third-order valence-corrected chi connectivity index (χ3v) is 3.05. The lowest BCUT2D eigenvalue weighted by Crippen LogP contribution is -2.08. The first-order chi connectivity index (χ1) is 11.3. The Balaban J connectivity index is 2.05. The number of hydrogen-bond acceptors (Lipinski definition) is 6. The van der Waals surface area contributed by atoms with Gasteiger partial charge in [0.1, 0.15) is 0 Å². The summed E-state index contributed by atoms with van der Waals surface area (Å²) in [6, 6.07) is 5.91. The number of ether oxygens (including phenoxy) is 2. The molecule has 0 saturated carbocycles. The van der Waals surface area contributed by atoms with Gasteiger partial charge in [-0.05, 0) is 41.5 Å². The zero-order valence-corrected chi connectivity index (χ0v) is 13.7. The molecule has 1 aromatic heterocycles. The molecule has 0 aliphatic rings. The molecule has 124 valence electrons. The first-order valence-corrected chi connectivity index (χ1v) is 7.77. The Labute approximate surface area is 136 Å². The Bertz CT molecular complexity index is 627. The number of nitrogens with zero attached hydrogens (tertiary/aromatic N) is 4. The number of rotatable bonds is 10. The Morgan fingerprint density at radius 3 is 2.87 bits per heavy atom. The molecular weight excluding hydrogens is 294 g/mol. The van der Waals surface area contributed by atoms with E-state index >= 15 is 0 Å². The molecule has 0 bridgehead atoms. The Kier molecular flexibility index (Phi) is 6.40. The van der Waals surface area contributed by atoms with E-state index in [2.05, 4.69) is 34.3 Å². The maximum Gasteiger partial charge on any atom is 0.243 e. The van der Waals surface area contributed by atoms with E-state index in [1.54, 1.807) is 10.8 Å². The van der Waals surface area contributed by atoms with Crippen LogP contribution < -0.4 is 14.8 Å². The van der Waals surface area contributed by atoms with E-state index in [1.165, 1.54) is 0 Å². The number of tetrazole rings is 1. The van der Waals surface area contributed by atoms with Crippen LogP contribution in [0.1, 0.15) is 25.8 Å². The molecule has 23 heavy (non-hydrogen) atoms. The van der Waals surface area contributed by atoms with Gasteiger partial charge in [-0.2, -0.15) is 0 Å². The average Bonchev–Trinajstić information content (AvgIpc) is 3.00. The third-order valence-electron chi connectivity index (χ3n) is 3.05. The average molecular weight is 317 g/mol. The second kappa shape index (κ2) is 8.77. The van der Waals surface area contributed by atoms with Crippen LogP contribution in [0.25, 0.3) is 0 Å². The quantitative estimate of drug-likeness (QED) is 0.679. The highest BCUT2D eigenvalue weighted by molar-refractivity contribution is 5.44. The van der Waals surface area contributed by atoms with Crippen molar-refractivity contribution in [3.8, 4) is 11.5 Å². The van der Waals surface area contributed by atoms with Crippen LogP contribution in [0.5, 0.6) is 11.5 Å². The van der Waals surface area contributed by atoms with Crippen LogP contribution in [0.3, 0.4) is 0 Å². The van der Waals surface area contributed by atoms with E-state index in [0.29, 0.717) is 32.3 Å². The minimum absolute atomic E-state index is 0.559. The monoisotopic (exact) mass is 317 g/mol. The highest BCUT2D eigenvalue weighted by Gasteiger charge is 2.08. The number of nitrogens with one attached hydrogen (secondary N) is 1. The maximum absolute atomic E-state index is 5.70. The predicted molar refractivity (Wildman–Crippen MR) is 88.7 cm³/mol. The molecule has 1 heterocycles. The van der Waals surface area contributed by atoms with Crippen LogP contribution in [0.4, 0.5) is 5.95 Å². The molecule has 7 heteroatoms. The van der Waals surface area contributed by atoms with Gasteiger partial charge in [-0.1, -0.05) is 24.2 Å². The van der Waals surface area contributed by atoms with Crippen molar-refractivity contribution in [2.75, 3.05) is 18.5 Å². The fourth-order valence-corrected chi connectivity index (χ4v) is 2.02. The van der Waals surface area contributed by atoms with Gasteiger partial charge < -0.3 is 14.8 Å². The zero-order chi connectivity index (χ0) is 16.5. The van der Waals surface area contributed by atoms with E-state index in [9.17, 15) is 0 Å². The van der Waals surface area contributed by atoms with E-state index in [0.717, 1.165) is 23.5 Å². The topological polar surface area (TPSA) is 74.1 Å². The molecule has 0 atom stereocenters. The number of anilines is 1. The van der Waals surface area contributed by atoms with Gasteiger partial charge in [0.2, 0.25) is 5.95 Å². The number of allylic oxidation sites excluding steroid dienone is 1. The minimum Gasteiger partial charge on any atom is -0.490 e. The summed E-state index contributed by atoms with van der Waals surface area (Å²) in [5.41, 5.74) is 1.06. The lowest BCUT2D eigenvalue weighted by Gasteiger charge is -2.13. The van der Waals surface area contributed by atoms with E-state index in [1.807, 2.05) is 25.1 Å². The van der Waals surface area contributed by atoms with Crippen molar-refractivity contribution >= 4 is 5.95 Å². The SMILES string of the molecule is C=CCn1nnnc1NCc1ccc(OCCC)c(OCC)c1. The normalized spacial score (nSPS) is 10.3. The zero-order valence-electron chi connectivity index (χ0n) is 13.7. The molecule has 0 spiro atoms. The number of hydrogen-bond donors (Lipinski definition) is 1. The lowest BCUT2D eigenvalue weighted by atomic mass is 10.2.